The number of aromatic nitrogens is 2. The van der Waals surface area contributed by atoms with Crippen molar-refractivity contribution >= 4 is 33.4 Å². The highest BCUT2D eigenvalue weighted by molar-refractivity contribution is 9.10. The lowest BCUT2D eigenvalue weighted by atomic mass is 10.2. The molecule has 19 heavy (non-hydrogen) atoms. The molecule has 0 spiro atoms. The Balaban J connectivity index is 1.93. The molecule has 1 aliphatic heterocycles. The molecule has 1 saturated heterocycles. The first kappa shape index (κ1) is 12.1. The molecular formula is C13H10BrN3O2. The van der Waals surface area contributed by atoms with Gasteiger partial charge < -0.3 is 4.57 Å². The lowest BCUT2D eigenvalue weighted by Gasteiger charge is -2.15. The van der Waals surface area contributed by atoms with Crippen LogP contribution in [-0.4, -0.2) is 21.4 Å². The first-order chi connectivity index (χ1) is 9.16. The van der Waals surface area contributed by atoms with Gasteiger partial charge in [0.1, 0.15) is 6.04 Å². The summed E-state index contributed by atoms with van der Waals surface area (Å²) in [6, 6.07) is 6.62. The number of carbonyl (C=O) groups excluding carboxylic acids is 2. The van der Waals surface area contributed by atoms with Gasteiger partial charge in [-0.3, -0.25) is 9.59 Å². The van der Waals surface area contributed by atoms with E-state index in [4.69, 9.17) is 0 Å². The van der Waals surface area contributed by atoms with E-state index in [1.54, 1.807) is 47.6 Å². The van der Waals surface area contributed by atoms with E-state index in [1.165, 1.54) is 4.90 Å². The normalized spacial score (nSPS) is 19.2. The highest BCUT2D eigenvalue weighted by atomic mass is 79.9. The summed E-state index contributed by atoms with van der Waals surface area (Å²) in [5.74, 6) is -0.406. The lowest BCUT2D eigenvalue weighted by Crippen LogP contribution is -2.30. The monoisotopic (exact) mass is 319 g/mol. The van der Waals surface area contributed by atoms with Crippen LogP contribution in [0.15, 0.2) is 47.5 Å². The molecule has 2 heterocycles. The largest absolute Gasteiger partial charge is 0.324 e. The summed E-state index contributed by atoms with van der Waals surface area (Å²) in [5.41, 5.74) is 0.598. The highest BCUT2D eigenvalue weighted by Gasteiger charge is 2.40. The van der Waals surface area contributed by atoms with Gasteiger partial charge in [0.15, 0.2) is 0 Å². The Bertz CT molecular complexity index is 622. The van der Waals surface area contributed by atoms with Gasteiger partial charge in [0, 0.05) is 16.9 Å². The zero-order chi connectivity index (χ0) is 13.4. The van der Waals surface area contributed by atoms with Crippen LogP contribution in [-0.2, 0) is 9.59 Å². The SMILES string of the molecule is O=C1CC(n2ccnc2)C(=O)N1c1ccc(Br)cc1. The Morgan fingerprint density at radius 2 is 1.95 bits per heavy atom. The van der Waals surface area contributed by atoms with Gasteiger partial charge in [0.05, 0.1) is 18.4 Å². The van der Waals surface area contributed by atoms with Gasteiger partial charge in [-0.1, -0.05) is 15.9 Å². The molecule has 0 radical (unpaired) electrons. The minimum Gasteiger partial charge on any atom is -0.324 e. The minimum absolute atomic E-state index is 0.172. The molecule has 3 rings (SSSR count). The fraction of sp³-hybridized carbons (Fsp3) is 0.154. The number of amides is 2. The summed E-state index contributed by atoms with van der Waals surface area (Å²) in [7, 11) is 0. The molecule has 0 bridgehead atoms. The van der Waals surface area contributed by atoms with Gasteiger partial charge >= 0.3 is 0 Å². The van der Waals surface area contributed by atoms with Crippen LogP contribution < -0.4 is 4.90 Å². The molecule has 1 aliphatic rings. The van der Waals surface area contributed by atoms with Gasteiger partial charge in [-0.2, -0.15) is 0 Å². The van der Waals surface area contributed by atoms with E-state index < -0.39 is 6.04 Å². The van der Waals surface area contributed by atoms with E-state index in [2.05, 4.69) is 20.9 Å². The van der Waals surface area contributed by atoms with E-state index in [9.17, 15) is 9.59 Å². The number of hydrogen-bond acceptors (Lipinski definition) is 3. The molecule has 0 aliphatic carbocycles. The number of benzene rings is 1. The molecule has 2 aromatic rings. The molecule has 5 nitrogen and oxygen atoms in total. The third kappa shape index (κ3) is 2.08. The van der Waals surface area contributed by atoms with Crippen molar-refractivity contribution in [1.29, 1.82) is 0 Å². The predicted octanol–water partition coefficient (Wildman–Crippen LogP) is 2.15. The van der Waals surface area contributed by atoms with Crippen molar-refractivity contribution in [2.75, 3.05) is 4.90 Å². The quantitative estimate of drug-likeness (QED) is 0.797. The minimum atomic E-state index is -0.487. The van der Waals surface area contributed by atoms with Crippen LogP contribution in [0.5, 0.6) is 0 Å². The van der Waals surface area contributed by atoms with Crippen LogP contribution in [0.4, 0.5) is 5.69 Å². The number of carbonyl (C=O) groups is 2. The number of nitrogens with zero attached hydrogens (tertiary/aromatic N) is 3. The van der Waals surface area contributed by atoms with E-state index in [0.29, 0.717) is 5.69 Å². The van der Waals surface area contributed by atoms with Crippen LogP contribution >= 0.6 is 15.9 Å². The molecule has 1 fully saturated rings. The maximum Gasteiger partial charge on any atom is 0.257 e. The topological polar surface area (TPSA) is 55.2 Å². The summed E-state index contributed by atoms with van der Waals surface area (Å²) in [6.45, 7) is 0. The molecule has 1 unspecified atom stereocenters. The summed E-state index contributed by atoms with van der Waals surface area (Å²) in [4.78, 5) is 29.5. The Hall–Kier alpha value is -1.95. The maximum atomic E-state index is 12.3. The third-order valence-corrected chi connectivity index (χ3v) is 3.62. The molecule has 0 N–H and O–H groups in total. The van der Waals surface area contributed by atoms with Crippen molar-refractivity contribution in [1.82, 2.24) is 9.55 Å². The van der Waals surface area contributed by atoms with Crippen molar-refractivity contribution in [3.63, 3.8) is 0 Å². The van der Waals surface area contributed by atoms with Gasteiger partial charge in [0.25, 0.3) is 5.91 Å². The van der Waals surface area contributed by atoms with Crippen molar-refractivity contribution in [2.45, 2.75) is 12.5 Å². The first-order valence-corrected chi connectivity index (χ1v) is 6.56. The lowest BCUT2D eigenvalue weighted by molar-refractivity contribution is -0.122. The van der Waals surface area contributed by atoms with Crippen LogP contribution in [0.1, 0.15) is 12.5 Å². The Morgan fingerprint density at radius 3 is 2.58 bits per heavy atom. The number of anilines is 1. The van der Waals surface area contributed by atoms with Crippen LogP contribution in [0.2, 0.25) is 0 Å². The Morgan fingerprint density at radius 1 is 1.21 bits per heavy atom. The number of hydrogen-bond donors (Lipinski definition) is 0. The average Bonchev–Trinajstić information content (AvgIpc) is 3.00. The van der Waals surface area contributed by atoms with E-state index in [-0.39, 0.29) is 18.2 Å². The smallest absolute Gasteiger partial charge is 0.257 e. The molecule has 1 atom stereocenters. The van der Waals surface area contributed by atoms with Crippen LogP contribution in [0, 0.1) is 0 Å². The number of halogens is 1. The fourth-order valence-corrected chi connectivity index (χ4v) is 2.43. The Kier molecular flexibility index (Phi) is 2.94. The van der Waals surface area contributed by atoms with Gasteiger partial charge in [-0.25, -0.2) is 9.88 Å². The van der Waals surface area contributed by atoms with E-state index in [0.717, 1.165) is 4.47 Å². The van der Waals surface area contributed by atoms with Gasteiger partial charge in [0.2, 0.25) is 5.91 Å². The number of rotatable bonds is 2. The average molecular weight is 320 g/mol. The maximum absolute atomic E-state index is 12.3. The Labute approximate surface area is 118 Å². The van der Waals surface area contributed by atoms with Crippen molar-refractivity contribution in [3.05, 3.63) is 47.5 Å². The summed E-state index contributed by atoms with van der Waals surface area (Å²) in [6.07, 6.45) is 5.02. The fourth-order valence-electron chi connectivity index (χ4n) is 2.16. The first-order valence-electron chi connectivity index (χ1n) is 5.76. The van der Waals surface area contributed by atoms with Crippen LogP contribution in [0.3, 0.4) is 0 Å². The molecule has 96 valence electrons. The standard InChI is InChI=1S/C13H10BrN3O2/c14-9-1-3-10(4-2-9)17-12(18)7-11(13(17)19)16-6-5-15-8-16/h1-6,8,11H,7H2. The third-order valence-electron chi connectivity index (χ3n) is 3.09. The molecule has 1 aromatic heterocycles. The molecule has 1 aromatic carbocycles. The molecule has 0 saturated carbocycles. The summed E-state index contributed by atoms with van der Waals surface area (Å²) < 4.78 is 2.57. The van der Waals surface area contributed by atoms with Crippen molar-refractivity contribution in [3.8, 4) is 0 Å². The van der Waals surface area contributed by atoms with Gasteiger partial charge in [-0.05, 0) is 24.3 Å². The summed E-state index contributed by atoms with van der Waals surface area (Å²) in [5, 5.41) is 0. The van der Waals surface area contributed by atoms with E-state index in [1.807, 2.05) is 0 Å². The second-order valence-corrected chi connectivity index (χ2v) is 5.19. The highest BCUT2D eigenvalue weighted by Crippen LogP contribution is 2.30. The second-order valence-electron chi connectivity index (χ2n) is 4.27. The zero-order valence-electron chi connectivity index (χ0n) is 9.86. The number of imide groups is 1. The summed E-state index contributed by atoms with van der Waals surface area (Å²) >= 11 is 3.33. The molecule has 6 heteroatoms. The second kappa shape index (κ2) is 4.62. The predicted molar refractivity (Wildman–Crippen MR) is 72.5 cm³/mol. The van der Waals surface area contributed by atoms with E-state index >= 15 is 0 Å². The van der Waals surface area contributed by atoms with Gasteiger partial charge in [-0.15, -0.1) is 0 Å². The molecule has 2 amide bonds. The van der Waals surface area contributed by atoms with Crippen LogP contribution in [0.25, 0.3) is 0 Å². The number of imidazole rings is 1. The van der Waals surface area contributed by atoms with Crippen molar-refractivity contribution < 1.29 is 9.59 Å². The molecular weight excluding hydrogens is 310 g/mol. The van der Waals surface area contributed by atoms with Crippen molar-refractivity contribution in [2.24, 2.45) is 0 Å². The zero-order valence-corrected chi connectivity index (χ0v) is 11.4.